The lowest BCUT2D eigenvalue weighted by Crippen LogP contribution is -2.55. The maximum Gasteiger partial charge on any atom is 0.259 e. The quantitative estimate of drug-likeness (QED) is 0.521. The number of halogens is 1. The van der Waals surface area contributed by atoms with E-state index >= 15 is 0 Å². The van der Waals surface area contributed by atoms with Gasteiger partial charge < -0.3 is 35.4 Å². The first kappa shape index (κ1) is 24.8. The molecule has 2 aromatic carbocycles. The summed E-state index contributed by atoms with van der Waals surface area (Å²) in [5, 5.41) is 13.3. The molecule has 0 aliphatic carbocycles. The largest absolute Gasteiger partial charge is 0.383 e. The number of hydrogen-bond donors (Lipinski definition) is 3. The molecule has 0 saturated carbocycles. The van der Waals surface area contributed by atoms with Crippen LogP contribution in [0.1, 0.15) is 21.5 Å². The van der Waals surface area contributed by atoms with Crippen molar-refractivity contribution in [3.8, 4) is 0 Å². The standard InChI is InChI=1S/C25H26FN5O6/c26-19-4-2-16(12-18(19)24(34)30-5-8-36-9-6-30)31-7-10-37-21(25(31)35)20(32)23(33)29-15-1-3-17-14(11-15)13-28-22(17)27/h1-4,11-12,20-21,32H,5-10,13H2,(H2,27,28)(H,29,33)/t20-,21-/m1/s1. The second kappa shape index (κ2) is 10.2. The van der Waals surface area contributed by atoms with Crippen molar-refractivity contribution in [2.45, 2.75) is 18.8 Å². The first-order valence-corrected chi connectivity index (χ1v) is 11.8. The van der Waals surface area contributed by atoms with Crippen LogP contribution >= 0.6 is 0 Å². The Hall–Kier alpha value is -3.87. The molecule has 37 heavy (non-hydrogen) atoms. The van der Waals surface area contributed by atoms with Crippen LogP contribution in [0.3, 0.4) is 0 Å². The summed E-state index contributed by atoms with van der Waals surface area (Å²) in [7, 11) is 0. The molecule has 3 aliphatic heterocycles. The number of ether oxygens (including phenoxy) is 2. The van der Waals surface area contributed by atoms with Crippen LogP contribution in [0.5, 0.6) is 0 Å². The van der Waals surface area contributed by atoms with Crippen molar-refractivity contribution in [2.24, 2.45) is 10.7 Å². The third kappa shape index (κ3) is 4.90. The van der Waals surface area contributed by atoms with Crippen molar-refractivity contribution >= 4 is 34.9 Å². The van der Waals surface area contributed by atoms with E-state index in [4.69, 9.17) is 15.2 Å². The Bertz CT molecular complexity index is 1280. The maximum absolute atomic E-state index is 14.5. The van der Waals surface area contributed by atoms with Gasteiger partial charge in [0.2, 0.25) is 0 Å². The fraction of sp³-hybridized carbons (Fsp3) is 0.360. The van der Waals surface area contributed by atoms with Gasteiger partial charge in [0, 0.05) is 36.6 Å². The molecular formula is C25H26FN5O6. The average molecular weight is 512 g/mol. The minimum absolute atomic E-state index is 0.0281. The van der Waals surface area contributed by atoms with E-state index in [-0.39, 0.29) is 24.4 Å². The topological polar surface area (TPSA) is 147 Å². The van der Waals surface area contributed by atoms with E-state index in [1.165, 1.54) is 21.9 Å². The number of carbonyl (C=O) groups is 3. The molecule has 3 amide bonds. The highest BCUT2D eigenvalue weighted by Crippen LogP contribution is 2.25. The zero-order valence-corrected chi connectivity index (χ0v) is 19.9. The molecule has 0 radical (unpaired) electrons. The molecule has 0 aromatic heterocycles. The number of amidine groups is 1. The number of fused-ring (bicyclic) bond motifs is 1. The number of aliphatic imine (C=N–C) groups is 1. The molecule has 2 aromatic rings. The molecule has 5 rings (SSSR count). The minimum atomic E-state index is -1.81. The minimum Gasteiger partial charge on any atom is -0.383 e. The van der Waals surface area contributed by atoms with E-state index in [0.717, 1.165) is 17.2 Å². The van der Waals surface area contributed by atoms with E-state index in [9.17, 15) is 23.9 Å². The Morgan fingerprint density at radius 2 is 1.92 bits per heavy atom. The van der Waals surface area contributed by atoms with Crippen LogP contribution in [0.4, 0.5) is 15.8 Å². The van der Waals surface area contributed by atoms with Gasteiger partial charge in [-0.05, 0) is 42.0 Å². The lowest BCUT2D eigenvalue weighted by molar-refractivity contribution is -0.150. The number of nitrogens with two attached hydrogens (primary N) is 1. The Kier molecular flexibility index (Phi) is 6.87. The van der Waals surface area contributed by atoms with Gasteiger partial charge in [0.05, 0.1) is 31.9 Å². The zero-order chi connectivity index (χ0) is 26.1. The summed E-state index contributed by atoms with van der Waals surface area (Å²) < 4.78 is 25.2. The molecule has 0 spiro atoms. The van der Waals surface area contributed by atoms with Crippen LogP contribution in [0.2, 0.25) is 0 Å². The first-order valence-electron chi connectivity index (χ1n) is 11.8. The molecule has 3 heterocycles. The zero-order valence-electron chi connectivity index (χ0n) is 19.9. The van der Waals surface area contributed by atoms with Gasteiger partial charge in [-0.15, -0.1) is 0 Å². The van der Waals surface area contributed by atoms with E-state index in [1.807, 2.05) is 0 Å². The van der Waals surface area contributed by atoms with Gasteiger partial charge in [-0.25, -0.2) is 4.39 Å². The fourth-order valence-electron chi connectivity index (χ4n) is 4.53. The first-order chi connectivity index (χ1) is 17.8. The Balaban J connectivity index is 1.29. The summed E-state index contributed by atoms with van der Waals surface area (Å²) in [6, 6.07) is 8.84. The molecule has 2 fully saturated rings. The van der Waals surface area contributed by atoms with Gasteiger partial charge in [0.25, 0.3) is 17.7 Å². The van der Waals surface area contributed by atoms with Crippen LogP contribution in [0.15, 0.2) is 41.4 Å². The van der Waals surface area contributed by atoms with Gasteiger partial charge >= 0.3 is 0 Å². The number of nitrogens with zero attached hydrogens (tertiary/aromatic N) is 3. The van der Waals surface area contributed by atoms with Crippen LogP contribution in [0.25, 0.3) is 0 Å². The van der Waals surface area contributed by atoms with Crippen molar-refractivity contribution < 1.29 is 33.4 Å². The highest BCUT2D eigenvalue weighted by Gasteiger charge is 2.40. The summed E-state index contributed by atoms with van der Waals surface area (Å²) in [6.45, 7) is 1.93. The smallest absolute Gasteiger partial charge is 0.259 e. The van der Waals surface area contributed by atoms with Gasteiger partial charge in [-0.3, -0.25) is 19.4 Å². The molecule has 3 aliphatic rings. The highest BCUT2D eigenvalue weighted by atomic mass is 19.1. The second-order valence-corrected chi connectivity index (χ2v) is 8.86. The number of benzene rings is 2. The van der Waals surface area contributed by atoms with Crippen molar-refractivity contribution in [2.75, 3.05) is 49.7 Å². The monoisotopic (exact) mass is 511 g/mol. The average Bonchev–Trinajstić information content (AvgIpc) is 3.28. The molecule has 2 atom stereocenters. The van der Waals surface area contributed by atoms with Gasteiger partial charge in [0.15, 0.2) is 12.2 Å². The molecule has 0 bridgehead atoms. The number of carbonyl (C=O) groups excluding carboxylic acids is 3. The van der Waals surface area contributed by atoms with E-state index in [1.54, 1.807) is 18.2 Å². The van der Waals surface area contributed by atoms with Crippen LogP contribution in [-0.4, -0.2) is 85.2 Å². The van der Waals surface area contributed by atoms with Crippen molar-refractivity contribution in [3.63, 3.8) is 0 Å². The predicted molar refractivity (Wildman–Crippen MR) is 131 cm³/mol. The van der Waals surface area contributed by atoms with Crippen LogP contribution in [-0.2, 0) is 25.6 Å². The Morgan fingerprint density at radius 3 is 2.70 bits per heavy atom. The molecule has 12 heteroatoms. The Labute approximate surface area is 211 Å². The molecule has 11 nitrogen and oxygen atoms in total. The van der Waals surface area contributed by atoms with Crippen LogP contribution in [0, 0.1) is 5.82 Å². The SMILES string of the molecule is NC1=NCc2cc(NC(=O)[C@H](O)[C@H]3OCCN(c4ccc(F)c(C(=O)N5CCOCC5)c4)C3=O)ccc21. The number of nitrogens with one attached hydrogen (secondary N) is 1. The summed E-state index contributed by atoms with van der Waals surface area (Å²) >= 11 is 0. The van der Waals surface area contributed by atoms with E-state index in [0.29, 0.717) is 44.4 Å². The number of aliphatic hydroxyl groups is 1. The summed E-state index contributed by atoms with van der Waals surface area (Å²) in [4.78, 5) is 45.7. The maximum atomic E-state index is 14.5. The molecule has 194 valence electrons. The van der Waals surface area contributed by atoms with Crippen LogP contribution < -0.4 is 16.0 Å². The second-order valence-electron chi connectivity index (χ2n) is 8.86. The summed E-state index contributed by atoms with van der Waals surface area (Å²) in [5.74, 6) is -2.29. The number of anilines is 2. The fourth-order valence-corrected chi connectivity index (χ4v) is 4.53. The van der Waals surface area contributed by atoms with E-state index in [2.05, 4.69) is 10.3 Å². The lowest BCUT2D eigenvalue weighted by atomic mass is 10.1. The van der Waals surface area contributed by atoms with Gasteiger partial charge in [0.1, 0.15) is 11.7 Å². The predicted octanol–water partition coefficient (Wildman–Crippen LogP) is 0.248. The highest BCUT2D eigenvalue weighted by molar-refractivity contribution is 6.05. The van der Waals surface area contributed by atoms with E-state index < -0.39 is 35.7 Å². The summed E-state index contributed by atoms with van der Waals surface area (Å²) in [6.07, 6.45) is -3.29. The molecular weight excluding hydrogens is 485 g/mol. The molecule has 2 saturated heterocycles. The van der Waals surface area contributed by atoms with Crippen molar-refractivity contribution in [1.82, 2.24) is 4.90 Å². The summed E-state index contributed by atoms with van der Waals surface area (Å²) in [5.41, 5.74) is 7.93. The third-order valence-electron chi connectivity index (χ3n) is 6.54. The number of morpholine rings is 2. The van der Waals surface area contributed by atoms with Crippen molar-refractivity contribution in [1.29, 1.82) is 0 Å². The number of amides is 3. The lowest BCUT2D eigenvalue weighted by Gasteiger charge is -2.34. The Morgan fingerprint density at radius 1 is 1.14 bits per heavy atom. The number of rotatable bonds is 5. The third-order valence-corrected chi connectivity index (χ3v) is 6.54. The van der Waals surface area contributed by atoms with Gasteiger partial charge in [-0.2, -0.15) is 0 Å². The van der Waals surface area contributed by atoms with Gasteiger partial charge in [-0.1, -0.05) is 0 Å². The molecule has 4 N–H and O–H groups in total. The number of hydrogen-bond acceptors (Lipinski definition) is 8. The normalized spacial score (nSPS) is 20.3. The van der Waals surface area contributed by atoms with Crippen molar-refractivity contribution in [3.05, 3.63) is 58.9 Å². The molecule has 0 unspecified atom stereocenters. The number of aliphatic hydroxyl groups excluding tert-OH is 1.